The maximum atomic E-state index is 13.8. The summed E-state index contributed by atoms with van der Waals surface area (Å²) in [4.78, 5) is 5.99. The Kier molecular flexibility index (Phi) is 7.25. The molecule has 0 aliphatic carbocycles. The highest BCUT2D eigenvalue weighted by atomic mass is 19.4. The van der Waals surface area contributed by atoms with Crippen LogP contribution in [-0.4, -0.2) is 84.4 Å². The second-order valence-corrected chi connectivity index (χ2v) is 7.77. The quantitative estimate of drug-likeness (QED) is 0.626. The summed E-state index contributed by atoms with van der Waals surface area (Å²) in [6, 6.07) is 5.58. The van der Waals surface area contributed by atoms with Gasteiger partial charge in [0.15, 0.2) is 6.10 Å². The first-order chi connectivity index (χ1) is 14.6. The van der Waals surface area contributed by atoms with Gasteiger partial charge in [0.2, 0.25) is 0 Å². The van der Waals surface area contributed by atoms with E-state index in [-0.39, 0.29) is 13.0 Å². The lowest BCUT2D eigenvalue weighted by molar-refractivity contribution is -0.293. The molecule has 1 unspecified atom stereocenters. The fourth-order valence-electron chi connectivity index (χ4n) is 3.66. The van der Waals surface area contributed by atoms with E-state index >= 15 is 0 Å². The molecule has 2 aliphatic rings. The largest absolute Gasteiger partial charge is 0.490 e. The zero-order valence-corrected chi connectivity index (χ0v) is 17.3. The number of aliphatic hydroxyl groups excluding tert-OH is 2. The molecule has 172 valence electrons. The van der Waals surface area contributed by atoms with Crippen LogP contribution in [0.25, 0.3) is 0 Å². The minimum Gasteiger partial charge on any atom is -0.490 e. The van der Waals surface area contributed by atoms with Gasteiger partial charge in [-0.05, 0) is 17.7 Å². The van der Waals surface area contributed by atoms with E-state index in [0.717, 1.165) is 0 Å². The van der Waals surface area contributed by atoms with Crippen LogP contribution in [0.15, 0.2) is 41.9 Å². The predicted octanol–water partition coefficient (Wildman–Crippen LogP) is 1.92. The Morgan fingerprint density at radius 1 is 1.26 bits per heavy atom. The van der Waals surface area contributed by atoms with Crippen molar-refractivity contribution >= 4 is 5.84 Å². The first-order valence-electron chi connectivity index (χ1n) is 9.88. The molecule has 0 spiro atoms. The molecule has 0 bridgehead atoms. The van der Waals surface area contributed by atoms with Gasteiger partial charge in [-0.2, -0.15) is 13.2 Å². The van der Waals surface area contributed by atoms with E-state index < -0.39 is 42.7 Å². The Morgan fingerprint density at radius 3 is 2.52 bits per heavy atom. The summed E-state index contributed by atoms with van der Waals surface area (Å²) in [7, 11) is 3.48. The summed E-state index contributed by atoms with van der Waals surface area (Å²) in [6.45, 7) is 3.50. The standard InChI is InChI=1S/C21H27F3N2O5/c1-4-9-29-13-7-5-12(6-8-13)11-30-20(21(22,23)24)19-18(28)17(27)16-14(31-19)10-15(25-16)26(2)3/h4-8,14,16-20,27-28H,1,9-11H2,2-3H3/t14-,16+,17-,18+,19?,20-/m1/s1. The van der Waals surface area contributed by atoms with E-state index in [1.165, 1.54) is 0 Å². The Morgan fingerprint density at radius 2 is 1.94 bits per heavy atom. The van der Waals surface area contributed by atoms with Crippen LogP contribution in [0.5, 0.6) is 5.75 Å². The molecular formula is C21H27F3N2O5. The van der Waals surface area contributed by atoms with Crippen LogP contribution in [0, 0.1) is 0 Å². The van der Waals surface area contributed by atoms with Gasteiger partial charge < -0.3 is 29.3 Å². The van der Waals surface area contributed by atoms with E-state index in [9.17, 15) is 23.4 Å². The zero-order valence-electron chi connectivity index (χ0n) is 17.3. The number of halogens is 3. The van der Waals surface area contributed by atoms with E-state index in [1.807, 2.05) is 0 Å². The van der Waals surface area contributed by atoms with Crippen molar-refractivity contribution in [2.75, 3.05) is 20.7 Å². The van der Waals surface area contributed by atoms with Gasteiger partial charge in [-0.15, -0.1) is 0 Å². The molecule has 7 nitrogen and oxygen atoms in total. The maximum absolute atomic E-state index is 13.8. The highest BCUT2D eigenvalue weighted by Gasteiger charge is 2.56. The lowest BCUT2D eigenvalue weighted by Gasteiger charge is -2.42. The molecule has 10 heteroatoms. The van der Waals surface area contributed by atoms with Gasteiger partial charge in [0.05, 0.1) is 12.7 Å². The monoisotopic (exact) mass is 444 g/mol. The molecule has 3 rings (SSSR count). The number of nitrogens with zero attached hydrogens (tertiary/aromatic N) is 2. The number of rotatable bonds is 7. The smallest absolute Gasteiger partial charge is 0.417 e. The summed E-state index contributed by atoms with van der Waals surface area (Å²) in [5.74, 6) is 1.14. The minimum atomic E-state index is -4.81. The summed E-state index contributed by atoms with van der Waals surface area (Å²) in [5, 5.41) is 20.8. The van der Waals surface area contributed by atoms with E-state index in [1.54, 1.807) is 49.3 Å². The summed E-state index contributed by atoms with van der Waals surface area (Å²) in [5.41, 5.74) is 0.489. The Bertz CT molecular complexity index is 784. The third kappa shape index (κ3) is 5.38. The number of amidine groups is 1. The van der Waals surface area contributed by atoms with Gasteiger partial charge in [0.25, 0.3) is 0 Å². The lowest BCUT2D eigenvalue weighted by atomic mass is 9.90. The van der Waals surface area contributed by atoms with Gasteiger partial charge >= 0.3 is 6.18 Å². The van der Waals surface area contributed by atoms with Gasteiger partial charge in [-0.1, -0.05) is 24.8 Å². The van der Waals surface area contributed by atoms with Gasteiger partial charge in [0.1, 0.15) is 42.5 Å². The fourth-order valence-corrected chi connectivity index (χ4v) is 3.66. The number of alkyl halides is 3. The number of hydrogen-bond acceptors (Lipinski definition) is 7. The summed E-state index contributed by atoms with van der Waals surface area (Å²) >= 11 is 0. The van der Waals surface area contributed by atoms with Gasteiger partial charge in [-0.3, -0.25) is 4.99 Å². The van der Waals surface area contributed by atoms with E-state index in [2.05, 4.69) is 11.6 Å². The second-order valence-electron chi connectivity index (χ2n) is 7.77. The molecule has 0 radical (unpaired) electrons. The average molecular weight is 444 g/mol. The number of aliphatic imine (C=N–C) groups is 1. The van der Waals surface area contributed by atoms with E-state index in [0.29, 0.717) is 23.8 Å². The normalized spacial score (nSPS) is 29.1. The predicted molar refractivity (Wildman–Crippen MR) is 107 cm³/mol. The second kappa shape index (κ2) is 9.56. The van der Waals surface area contributed by atoms with Crippen molar-refractivity contribution in [1.29, 1.82) is 0 Å². The van der Waals surface area contributed by atoms with Gasteiger partial charge in [0, 0.05) is 20.5 Å². The van der Waals surface area contributed by atoms with Crippen molar-refractivity contribution in [2.45, 2.75) is 55.8 Å². The molecule has 0 aromatic heterocycles. The van der Waals surface area contributed by atoms with Crippen LogP contribution in [0.1, 0.15) is 12.0 Å². The fraction of sp³-hybridized carbons (Fsp3) is 0.571. The van der Waals surface area contributed by atoms with Crippen LogP contribution >= 0.6 is 0 Å². The van der Waals surface area contributed by atoms with Crippen molar-refractivity contribution in [2.24, 2.45) is 4.99 Å². The van der Waals surface area contributed by atoms with Crippen molar-refractivity contribution in [3.8, 4) is 5.75 Å². The van der Waals surface area contributed by atoms with E-state index in [4.69, 9.17) is 14.2 Å². The molecule has 1 aromatic carbocycles. The third-order valence-corrected chi connectivity index (χ3v) is 5.29. The van der Waals surface area contributed by atoms with Crippen LogP contribution in [0.4, 0.5) is 13.2 Å². The third-order valence-electron chi connectivity index (χ3n) is 5.29. The molecule has 2 heterocycles. The molecule has 2 N–H and O–H groups in total. The minimum absolute atomic E-state index is 0.245. The molecule has 0 saturated carbocycles. The molecule has 6 atom stereocenters. The molecule has 2 aliphatic heterocycles. The first-order valence-corrected chi connectivity index (χ1v) is 9.88. The number of fused-ring (bicyclic) bond motifs is 1. The van der Waals surface area contributed by atoms with Crippen molar-refractivity contribution < 1.29 is 37.6 Å². The number of aliphatic hydroxyl groups is 2. The van der Waals surface area contributed by atoms with Crippen molar-refractivity contribution in [3.63, 3.8) is 0 Å². The number of hydrogen-bond donors (Lipinski definition) is 2. The SMILES string of the molecule is C=CCOc1ccc(CO[C@H](C2O[C@@H]3CC(N(C)C)=N[C@@H]3[C@@H](O)[C@@H]2O)C(F)(F)F)cc1. The molecule has 0 amide bonds. The average Bonchev–Trinajstić information content (AvgIpc) is 3.15. The van der Waals surface area contributed by atoms with Crippen LogP contribution in [0.3, 0.4) is 0 Å². The van der Waals surface area contributed by atoms with Gasteiger partial charge in [-0.25, -0.2) is 0 Å². The maximum Gasteiger partial charge on any atom is 0.417 e. The molecule has 31 heavy (non-hydrogen) atoms. The zero-order chi connectivity index (χ0) is 22.8. The lowest BCUT2D eigenvalue weighted by Crippen LogP contribution is -2.62. The Labute approximate surface area is 178 Å². The van der Waals surface area contributed by atoms with Crippen molar-refractivity contribution in [1.82, 2.24) is 4.90 Å². The van der Waals surface area contributed by atoms with Crippen LogP contribution < -0.4 is 4.74 Å². The summed E-state index contributed by atoms with van der Waals surface area (Å²) < 4.78 is 57.5. The molecule has 1 saturated heterocycles. The first kappa shape index (κ1) is 23.5. The molecular weight excluding hydrogens is 417 g/mol. The Hall–Kier alpha value is -2.14. The highest BCUT2D eigenvalue weighted by molar-refractivity contribution is 5.84. The molecule has 1 aromatic rings. The summed E-state index contributed by atoms with van der Waals surface area (Å²) in [6.07, 6.45) is -11.2. The van der Waals surface area contributed by atoms with Crippen LogP contribution in [-0.2, 0) is 16.1 Å². The number of benzene rings is 1. The Balaban J connectivity index is 1.70. The topological polar surface area (TPSA) is 83.8 Å². The molecule has 1 fully saturated rings. The number of ether oxygens (including phenoxy) is 3. The van der Waals surface area contributed by atoms with Crippen LogP contribution in [0.2, 0.25) is 0 Å². The highest BCUT2D eigenvalue weighted by Crippen LogP contribution is 2.37. The van der Waals surface area contributed by atoms with Crippen molar-refractivity contribution in [3.05, 3.63) is 42.5 Å².